The zero-order valence-electron chi connectivity index (χ0n) is 12.1. The topological polar surface area (TPSA) is 18.5 Å². The highest BCUT2D eigenvalue weighted by molar-refractivity contribution is 6.77. The van der Waals surface area contributed by atoms with Gasteiger partial charge in [0.1, 0.15) is 0 Å². The van der Waals surface area contributed by atoms with Gasteiger partial charge in [0.25, 0.3) is 0 Å². The van der Waals surface area contributed by atoms with E-state index >= 15 is 0 Å². The van der Waals surface area contributed by atoms with Gasteiger partial charge in [-0.25, -0.2) is 0 Å². The summed E-state index contributed by atoms with van der Waals surface area (Å²) < 4.78 is 12.0. The summed E-state index contributed by atoms with van der Waals surface area (Å²) in [7, 11) is -2.58. The molecule has 0 aliphatic rings. The molecule has 0 N–H and O–H groups in total. The quantitative estimate of drug-likeness (QED) is 0.676. The third kappa shape index (κ3) is 4.53. The van der Waals surface area contributed by atoms with Crippen molar-refractivity contribution < 1.29 is 8.85 Å². The predicted octanol–water partition coefficient (Wildman–Crippen LogP) is 4.31. The van der Waals surface area contributed by atoms with Gasteiger partial charge in [-0.1, -0.05) is 60.7 Å². The fourth-order valence-electron chi connectivity index (χ4n) is 1.90. The van der Waals surface area contributed by atoms with Crippen molar-refractivity contribution in [3.8, 4) is 0 Å². The van der Waals surface area contributed by atoms with Gasteiger partial charge in [0.05, 0.1) is 13.2 Å². The predicted molar refractivity (Wildman–Crippen MR) is 88.6 cm³/mol. The minimum Gasteiger partial charge on any atom is -0.384 e. The SMILES string of the molecule is C=C[Si](C=C)(OCc1ccccc1)OCc1ccccc1. The van der Waals surface area contributed by atoms with Crippen LogP contribution < -0.4 is 0 Å². The molecule has 0 saturated heterocycles. The van der Waals surface area contributed by atoms with E-state index in [4.69, 9.17) is 8.85 Å². The van der Waals surface area contributed by atoms with Crippen LogP contribution in [0.4, 0.5) is 0 Å². The molecule has 2 aromatic carbocycles. The minimum absolute atomic E-state index is 0.500. The van der Waals surface area contributed by atoms with Crippen molar-refractivity contribution in [1.82, 2.24) is 0 Å². The average molecular weight is 296 g/mol. The number of rotatable bonds is 8. The first-order valence-electron chi connectivity index (χ1n) is 6.91. The molecule has 0 saturated carbocycles. The molecule has 0 aliphatic carbocycles. The van der Waals surface area contributed by atoms with Gasteiger partial charge in [-0.3, -0.25) is 0 Å². The lowest BCUT2D eigenvalue weighted by Gasteiger charge is -2.24. The van der Waals surface area contributed by atoms with Crippen LogP contribution in [0.1, 0.15) is 11.1 Å². The number of benzene rings is 2. The van der Waals surface area contributed by atoms with E-state index in [0.717, 1.165) is 11.1 Å². The summed E-state index contributed by atoms with van der Waals surface area (Å²) in [6, 6.07) is 20.1. The van der Waals surface area contributed by atoms with E-state index in [-0.39, 0.29) is 0 Å². The molecule has 2 rings (SSSR count). The molecule has 3 heteroatoms. The lowest BCUT2D eigenvalue weighted by atomic mass is 10.2. The fraction of sp³-hybridized carbons (Fsp3) is 0.111. The normalized spacial score (nSPS) is 11.0. The Morgan fingerprint density at radius 3 is 1.43 bits per heavy atom. The van der Waals surface area contributed by atoms with E-state index in [0.29, 0.717) is 13.2 Å². The van der Waals surface area contributed by atoms with Crippen LogP contribution in [-0.2, 0) is 22.1 Å². The molecular formula is C18H20O2Si. The Labute approximate surface area is 127 Å². The highest BCUT2D eigenvalue weighted by Crippen LogP contribution is 2.16. The van der Waals surface area contributed by atoms with Crippen LogP contribution in [0.3, 0.4) is 0 Å². The molecule has 2 aromatic rings. The molecule has 0 unspecified atom stereocenters. The Hall–Kier alpha value is -1.94. The Kier molecular flexibility index (Phi) is 5.69. The van der Waals surface area contributed by atoms with Crippen molar-refractivity contribution in [2.75, 3.05) is 0 Å². The Balaban J connectivity index is 1.99. The average Bonchev–Trinajstić information content (AvgIpc) is 2.58. The molecular weight excluding hydrogens is 276 g/mol. The second kappa shape index (κ2) is 7.74. The molecule has 2 nitrogen and oxygen atoms in total. The summed E-state index contributed by atoms with van der Waals surface area (Å²) in [6.45, 7) is 8.74. The largest absolute Gasteiger partial charge is 0.391 e. The molecule has 0 atom stereocenters. The molecule has 0 bridgehead atoms. The molecule has 0 radical (unpaired) electrons. The van der Waals surface area contributed by atoms with Gasteiger partial charge < -0.3 is 8.85 Å². The van der Waals surface area contributed by atoms with Gasteiger partial charge in [0.15, 0.2) is 0 Å². The van der Waals surface area contributed by atoms with Gasteiger partial charge in [-0.05, 0) is 22.5 Å². The van der Waals surface area contributed by atoms with Crippen molar-refractivity contribution in [2.24, 2.45) is 0 Å². The van der Waals surface area contributed by atoms with E-state index in [9.17, 15) is 0 Å². The maximum absolute atomic E-state index is 6.02. The summed E-state index contributed by atoms with van der Waals surface area (Å²) in [5.74, 6) is 0. The minimum atomic E-state index is -2.58. The molecule has 0 aromatic heterocycles. The Bertz CT molecular complexity index is 513. The molecule has 108 valence electrons. The van der Waals surface area contributed by atoms with E-state index in [2.05, 4.69) is 13.2 Å². The third-order valence-electron chi connectivity index (χ3n) is 3.18. The third-order valence-corrected chi connectivity index (χ3v) is 5.51. The van der Waals surface area contributed by atoms with Crippen molar-refractivity contribution in [2.45, 2.75) is 13.2 Å². The summed E-state index contributed by atoms with van der Waals surface area (Å²) in [5, 5.41) is 0. The lowest BCUT2D eigenvalue weighted by Crippen LogP contribution is -2.38. The lowest BCUT2D eigenvalue weighted by molar-refractivity contribution is 0.174. The Morgan fingerprint density at radius 1 is 0.714 bits per heavy atom. The monoisotopic (exact) mass is 296 g/mol. The van der Waals surface area contributed by atoms with Crippen molar-refractivity contribution in [1.29, 1.82) is 0 Å². The summed E-state index contributed by atoms with van der Waals surface area (Å²) in [5.41, 5.74) is 5.76. The van der Waals surface area contributed by atoms with Crippen LogP contribution in [0.5, 0.6) is 0 Å². The zero-order chi connectivity index (χ0) is 15.0. The van der Waals surface area contributed by atoms with Gasteiger partial charge in [0.2, 0.25) is 0 Å². The van der Waals surface area contributed by atoms with Crippen LogP contribution in [0, 0.1) is 0 Å². The maximum Gasteiger partial charge on any atom is 0.391 e. The second-order valence-electron chi connectivity index (χ2n) is 4.68. The molecule has 0 fully saturated rings. The number of hydrogen-bond acceptors (Lipinski definition) is 2. The summed E-state index contributed by atoms with van der Waals surface area (Å²) >= 11 is 0. The van der Waals surface area contributed by atoms with Gasteiger partial charge in [-0.15, -0.1) is 13.2 Å². The van der Waals surface area contributed by atoms with E-state index in [1.165, 1.54) is 0 Å². The molecule has 0 heterocycles. The van der Waals surface area contributed by atoms with Gasteiger partial charge in [0, 0.05) is 0 Å². The number of hydrogen-bond donors (Lipinski definition) is 0. The smallest absolute Gasteiger partial charge is 0.384 e. The van der Waals surface area contributed by atoms with E-state index < -0.39 is 8.56 Å². The molecule has 0 spiro atoms. The van der Waals surface area contributed by atoms with Crippen LogP contribution in [-0.4, -0.2) is 8.56 Å². The van der Waals surface area contributed by atoms with Crippen molar-refractivity contribution in [3.63, 3.8) is 0 Å². The molecule has 0 aliphatic heterocycles. The highest BCUT2D eigenvalue weighted by atomic mass is 28.4. The van der Waals surface area contributed by atoms with Crippen molar-refractivity contribution in [3.05, 3.63) is 96.3 Å². The first-order chi connectivity index (χ1) is 10.3. The van der Waals surface area contributed by atoms with Crippen LogP contribution in [0.25, 0.3) is 0 Å². The van der Waals surface area contributed by atoms with Crippen LogP contribution in [0.2, 0.25) is 0 Å². The summed E-state index contributed by atoms with van der Waals surface area (Å²) in [4.78, 5) is 0. The fourth-order valence-corrected chi connectivity index (χ4v) is 3.41. The van der Waals surface area contributed by atoms with Crippen LogP contribution in [0.15, 0.2) is 85.2 Å². The van der Waals surface area contributed by atoms with Crippen molar-refractivity contribution >= 4 is 8.56 Å². The standard InChI is InChI=1S/C18H20O2Si/c1-3-21(4-2,19-15-17-11-7-5-8-12-17)20-16-18-13-9-6-10-14-18/h3-14H,1-2,15-16H2. The Morgan fingerprint density at radius 2 is 1.10 bits per heavy atom. The molecule has 0 amide bonds. The maximum atomic E-state index is 6.02. The zero-order valence-corrected chi connectivity index (χ0v) is 13.1. The first kappa shape index (κ1) is 15.4. The van der Waals surface area contributed by atoms with Crippen LogP contribution >= 0.6 is 0 Å². The van der Waals surface area contributed by atoms with E-state index in [1.807, 2.05) is 60.7 Å². The van der Waals surface area contributed by atoms with E-state index in [1.54, 1.807) is 11.4 Å². The highest BCUT2D eigenvalue weighted by Gasteiger charge is 2.30. The van der Waals surface area contributed by atoms with Gasteiger partial charge >= 0.3 is 8.56 Å². The molecule has 21 heavy (non-hydrogen) atoms. The summed E-state index contributed by atoms with van der Waals surface area (Å²) in [6.07, 6.45) is 0. The second-order valence-corrected chi connectivity index (χ2v) is 7.51. The van der Waals surface area contributed by atoms with Gasteiger partial charge in [-0.2, -0.15) is 0 Å². The first-order valence-corrected chi connectivity index (χ1v) is 8.88.